The summed E-state index contributed by atoms with van der Waals surface area (Å²) >= 11 is 0. The average molecular weight is 213 g/mol. The maximum atomic E-state index is 11.4. The van der Waals surface area contributed by atoms with E-state index in [1.165, 1.54) is 0 Å². The summed E-state index contributed by atoms with van der Waals surface area (Å²) in [6.07, 6.45) is 0. The van der Waals surface area contributed by atoms with Gasteiger partial charge >= 0.3 is 5.97 Å². The maximum absolute atomic E-state index is 11.4. The smallest absolute Gasteiger partial charge is 0.368 e. The Morgan fingerprint density at radius 2 is 2.19 bits per heavy atom. The minimum absolute atomic E-state index is 0.0529. The van der Waals surface area contributed by atoms with Crippen molar-refractivity contribution in [1.82, 2.24) is 4.98 Å². The fourth-order valence-corrected chi connectivity index (χ4v) is 1.47. The molecule has 5 heteroatoms. The van der Waals surface area contributed by atoms with Crippen molar-refractivity contribution in [3.05, 3.63) is 41.7 Å². The molecule has 2 N–H and O–H groups in total. The highest BCUT2D eigenvalue weighted by molar-refractivity contribution is 6.02. The molecule has 0 radical (unpaired) electrons. The van der Waals surface area contributed by atoms with E-state index in [0.717, 1.165) is 5.39 Å². The van der Waals surface area contributed by atoms with Gasteiger partial charge in [-0.15, -0.1) is 0 Å². The number of nitrogens with two attached hydrogens (primary N) is 1. The van der Waals surface area contributed by atoms with Crippen LogP contribution in [0.15, 0.2) is 30.3 Å². The molecular weight excluding hydrogens is 206 g/mol. The van der Waals surface area contributed by atoms with Gasteiger partial charge in [0.15, 0.2) is 5.69 Å². The van der Waals surface area contributed by atoms with Crippen molar-refractivity contribution < 1.29 is 9.63 Å². The Morgan fingerprint density at radius 1 is 1.44 bits per heavy atom. The molecule has 0 atom stereocenters. The lowest BCUT2D eigenvalue weighted by Crippen LogP contribution is -2.13. The van der Waals surface area contributed by atoms with Crippen LogP contribution in [0.25, 0.3) is 10.8 Å². The van der Waals surface area contributed by atoms with Gasteiger partial charge < -0.3 is 4.84 Å². The first-order chi connectivity index (χ1) is 7.76. The summed E-state index contributed by atoms with van der Waals surface area (Å²) in [4.78, 5) is 19.4. The minimum atomic E-state index is -0.756. The quantitative estimate of drug-likeness (QED) is 0.717. The fourth-order valence-electron chi connectivity index (χ4n) is 1.47. The van der Waals surface area contributed by atoms with Gasteiger partial charge in [-0.05, 0) is 11.5 Å². The van der Waals surface area contributed by atoms with E-state index >= 15 is 0 Å². The molecular formula is C11H7N3O2. The van der Waals surface area contributed by atoms with Gasteiger partial charge in [-0.25, -0.2) is 9.78 Å². The van der Waals surface area contributed by atoms with Crippen molar-refractivity contribution in [1.29, 1.82) is 5.26 Å². The number of aromatic nitrogens is 1. The van der Waals surface area contributed by atoms with E-state index in [2.05, 4.69) is 9.82 Å². The SMILES string of the molecule is N#Cc1cc2ccccc2c(C(=O)ON)n1. The summed E-state index contributed by atoms with van der Waals surface area (Å²) < 4.78 is 0. The van der Waals surface area contributed by atoms with E-state index in [9.17, 15) is 4.79 Å². The van der Waals surface area contributed by atoms with Crippen LogP contribution < -0.4 is 5.90 Å². The average Bonchev–Trinajstić information content (AvgIpc) is 2.36. The van der Waals surface area contributed by atoms with Crippen molar-refractivity contribution in [3.8, 4) is 6.07 Å². The number of pyridine rings is 1. The second kappa shape index (κ2) is 3.96. The number of hydrogen-bond donors (Lipinski definition) is 1. The predicted octanol–water partition coefficient (Wildman–Crippen LogP) is 1.14. The van der Waals surface area contributed by atoms with Crippen LogP contribution in [0.3, 0.4) is 0 Å². The van der Waals surface area contributed by atoms with Crippen LogP contribution in [0.5, 0.6) is 0 Å². The van der Waals surface area contributed by atoms with Gasteiger partial charge in [0, 0.05) is 5.39 Å². The van der Waals surface area contributed by atoms with Crippen molar-refractivity contribution in [2.24, 2.45) is 5.90 Å². The van der Waals surface area contributed by atoms with E-state index in [-0.39, 0.29) is 11.4 Å². The highest BCUT2D eigenvalue weighted by atomic mass is 16.7. The number of benzene rings is 1. The summed E-state index contributed by atoms with van der Waals surface area (Å²) in [6.45, 7) is 0. The Labute approximate surface area is 91.0 Å². The second-order valence-electron chi connectivity index (χ2n) is 3.09. The molecule has 16 heavy (non-hydrogen) atoms. The summed E-state index contributed by atoms with van der Waals surface area (Å²) in [5, 5.41) is 10.1. The van der Waals surface area contributed by atoms with Crippen LogP contribution in [0.2, 0.25) is 0 Å². The predicted molar refractivity (Wildman–Crippen MR) is 56.1 cm³/mol. The third-order valence-electron chi connectivity index (χ3n) is 2.16. The number of nitriles is 1. The lowest BCUT2D eigenvalue weighted by Gasteiger charge is -2.03. The minimum Gasteiger partial charge on any atom is -0.368 e. The Balaban J connectivity index is 2.79. The molecule has 0 aliphatic rings. The molecule has 2 rings (SSSR count). The van der Waals surface area contributed by atoms with Crippen LogP contribution in [0.4, 0.5) is 0 Å². The van der Waals surface area contributed by atoms with Crippen LogP contribution in [0.1, 0.15) is 16.2 Å². The Morgan fingerprint density at radius 3 is 2.88 bits per heavy atom. The fraction of sp³-hybridized carbons (Fsp3) is 0. The summed E-state index contributed by atoms with van der Waals surface area (Å²) in [5.41, 5.74) is 0.205. The molecule has 0 fully saturated rings. The molecule has 0 saturated heterocycles. The van der Waals surface area contributed by atoms with Gasteiger partial charge in [-0.3, -0.25) is 0 Å². The van der Waals surface area contributed by atoms with Crippen LogP contribution in [-0.4, -0.2) is 11.0 Å². The number of hydrogen-bond acceptors (Lipinski definition) is 5. The molecule has 2 aromatic rings. The lowest BCUT2D eigenvalue weighted by atomic mass is 10.1. The number of nitrogens with zero attached hydrogens (tertiary/aromatic N) is 2. The molecule has 0 aliphatic carbocycles. The molecule has 0 unspecified atom stereocenters. The molecule has 5 nitrogen and oxygen atoms in total. The summed E-state index contributed by atoms with van der Waals surface area (Å²) in [6, 6.07) is 10.6. The maximum Gasteiger partial charge on any atom is 0.376 e. The molecule has 78 valence electrons. The molecule has 0 bridgehead atoms. The summed E-state index contributed by atoms with van der Waals surface area (Å²) in [7, 11) is 0. The van der Waals surface area contributed by atoms with Gasteiger partial charge in [-0.1, -0.05) is 24.3 Å². The standard InChI is InChI=1S/C11H7N3O2/c12-6-8-5-7-3-1-2-4-9(7)10(14-8)11(15)16-13/h1-5H,13H2. The first kappa shape index (κ1) is 10.1. The van der Waals surface area contributed by atoms with Gasteiger partial charge in [0.1, 0.15) is 11.8 Å². The molecule has 1 heterocycles. The highest BCUT2D eigenvalue weighted by Crippen LogP contribution is 2.18. The monoisotopic (exact) mass is 213 g/mol. The van der Waals surface area contributed by atoms with Crippen molar-refractivity contribution in [3.63, 3.8) is 0 Å². The van der Waals surface area contributed by atoms with Crippen LogP contribution >= 0.6 is 0 Å². The third-order valence-corrected chi connectivity index (χ3v) is 2.16. The van der Waals surface area contributed by atoms with E-state index in [4.69, 9.17) is 11.2 Å². The largest absolute Gasteiger partial charge is 0.376 e. The number of fused-ring (bicyclic) bond motifs is 1. The number of carbonyl (C=O) groups is 1. The van der Waals surface area contributed by atoms with E-state index in [0.29, 0.717) is 5.39 Å². The van der Waals surface area contributed by atoms with Crippen molar-refractivity contribution in [2.45, 2.75) is 0 Å². The normalized spacial score (nSPS) is 9.75. The molecule has 0 aliphatic heterocycles. The Bertz CT molecular complexity index is 602. The van der Waals surface area contributed by atoms with E-state index in [1.807, 2.05) is 6.07 Å². The van der Waals surface area contributed by atoms with Crippen LogP contribution in [-0.2, 0) is 4.84 Å². The zero-order chi connectivity index (χ0) is 11.5. The van der Waals surface area contributed by atoms with Gasteiger partial charge in [0.2, 0.25) is 0 Å². The van der Waals surface area contributed by atoms with Crippen LogP contribution in [0, 0.1) is 11.3 Å². The highest BCUT2D eigenvalue weighted by Gasteiger charge is 2.14. The first-order valence-electron chi connectivity index (χ1n) is 4.47. The molecule has 0 saturated carbocycles. The van der Waals surface area contributed by atoms with E-state index < -0.39 is 5.97 Å². The second-order valence-corrected chi connectivity index (χ2v) is 3.09. The zero-order valence-electron chi connectivity index (χ0n) is 8.18. The van der Waals surface area contributed by atoms with Gasteiger partial charge in [-0.2, -0.15) is 11.2 Å². The topological polar surface area (TPSA) is 89.0 Å². The molecule has 0 spiro atoms. The molecule has 0 amide bonds. The summed E-state index contributed by atoms with van der Waals surface area (Å²) in [5.74, 6) is 4.06. The Kier molecular flexibility index (Phi) is 2.50. The number of rotatable bonds is 1. The van der Waals surface area contributed by atoms with Gasteiger partial charge in [0.25, 0.3) is 0 Å². The lowest BCUT2D eigenvalue weighted by molar-refractivity contribution is 0.0499. The van der Waals surface area contributed by atoms with Crippen molar-refractivity contribution >= 4 is 16.7 Å². The van der Waals surface area contributed by atoms with Gasteiger partial charge in [0.05, 0.1) is 0 Å². The number of carbonyl (C=O) groups excluding carboxylic acids is 1. The van der Waals surface area contributed by atoms with Crippen molar-refractivity contribution in [2.75, 3.05) is 0 Å². The molecule has 1 aromatic heterocycles. The third kappa shape index (κ3) is 1.58. The first-order valence-corrected chi connectivity index (χ1v) is 4.47. The Hall–Kier alpha value is -2.45. The molecule has 1 aromatic carbocycles. The van der Waals surface area contributed by atoms with E-state index in [1.54, 1.807) is 30.3 Å². The zero-order valence-corrected chi connectivity index (χ0v) is 8.18.